The van der Waals surface area contributed by atoms with Crippen molar-refractivity contribution < 1.29 is 5.11 Å². The molecule has 1 atom stereocenters. The van der Waals surface area contributed by atoms with Crippen LogP contribution in [0.25, 0.3) is 0 Å². The van der Waals surface area contributed by atoms with Crippen LogP contribution in [0, 0.1) is 12.3 Å². The molecule has 1 aromatic rings. The summed E-state index contributed by atoms with van der Waals surface area (Å²) in [5.74, 6) is 0.252. The molecule has 0 aliphatic rings. The fourth-order valence-corrected chi connectivity index (χ4v) is 1.75. The van der Waals surface area contributed by atoms with Crippen LogP contribution in [0.5, 0.6) is 5.75 Å². The van der Waals surface area contributed by atoms with Crippen LogP contribution in [0.2, 0.25) is 5.02 Å². The van der Waals surface area contributed by atoms with Crippen LogP contribution >= 0.6 is 24.0 Å². The first-order chi connectivity index (χ1) is 6.73. The number of aryl methyl sites for hydroxylation is 1. The number of phenolic OH excluding ortho intramolecular Hbond substituents is 1. The van der Waals surface area contributed by atoms with Crippen LogP contribution in [0.4, 0.5) is 0 Å². The Labute approximate surface area is 108 Å². The van der Waals surface area contributed by atoms with Crippen molar-refractivity contribution in [2.45, 2.75) is 33.7 Å². The highest BCUT2D eigenvalue weighted by Crippen LogP contribution is 2.38. The van der Waals surface area contributed by atoms with Gasteiger partial charge in [-0.3, -0.25) is 0 Å². The fraction of sp³-hybridized carbons (Fsp3) is 0.500. The lowest BCUT2D eigenvalue weighted by molar-refractivity contribution is 0.317. The van der Waals surface area contributed by atoms with Gasteiger partial charge in [-0.05, 0) is 30.0 Å². The van der Waals surface area contributed by atoms with Crippen LogP contribution in [-0.2, 0) is 0 Å². The summed E-state index contributed by atoms with van der Waals surface area (Å²) in [5.41, 5.74) is 7.47. The molecule has 2 nitrogen and oxygen atoms in total. The van der Waals surface area contributed by atoms with Crippen molar-refractivity contribution in [3.63, 3.8) is 0 Å². The third-order valence-electron chi connectivity index (χ3n) is 2.56. The van der Waals surface area contributed by atoms with Gasteiger partial charge in [0.15, 0.2) is 0 Å². The second kappa shape index (κ2) is 5.26. The van der Waals surface area contributed by atoms with E-state index in [0.29, 0.717) is 10.6 Å². The Morgan fingerprint density at radius 2 is 1.81 bits per heavy atom. The summed E-state index contributed by atoms with van der Waals surface area (Å²) in [6, 6.07) is 3.24. The Morgan fingerprint density at radius 1 is 1.31 bits per heavy atom. The first kappa shape index (κ1) is 15.6. The van der Waals surface area contributed by atoms with Crippen LogP contribution in [-0.4, -0.2) is 5.11 Å². The van der Waals surface area contributed by atoms with Gasteiger partial charge >= 0.3 is 0 Å². The van der Waals surface area contributed by atoms with Crippen molar-refractivity contribution in [2.24, 2.45) is 11.1 Å². The van der Waals surface area contributed by atoms with Gasteiger partial charge in [-0.1, -0.05) is 32.4 Å². The minimum absolute atomic E-state index is 0. The molecule has 0 amide bonds. The van der Waals surface area contributed by atoms with Gasteiger partial charge < -0.3 is 10.8 Å². The summed E-state index contributed by atoms with van der Waals surface area (Å²) in [4.78, 5) is 0. The lowest BCUT2D eigenvalue weighted by atomic mass is 9.82. The molecule has 16 heavy (non-hydrogen) atoms. The quantitative estimate of drug-likeness (QED) is 0.809. The molecule has 0 fully saturated rings. The molecular weight excluding hydrogens is 245 g/mol. The number of halogens is 2. The maximum atomic E-state index is 9.92. The van der Waals surface area contributed by atoms with Gasteiger partial charge in [0.25, 0.3) is 0 Å². The standard InChI is InChI=1S/C12H18ClNO.ClH/c1-7-5-8(13)6-9(10(7)15)11(14)12(2,3)4;/h5-6,11,15H,14H2,1-4H3;1H/t11-;/m0./s1. The minimum Gasteiger partial charge on any atom is -0.507 e. The molecule has 0 aliphatic heterocycles. The van der Waals surface area contributed by atoms with Crippen LogP contribution in [0.3, 0.4) is 0 Å². The van der Waals surface area contributed by atoms with E-state index in [1.54, 1.807) is 12.1 Å². The number of phenols is 1. The number of hydrogen-bond donors (Lipinski definition) is 2. The zero-order valence-corrected chi connectivity index (χ0v) is 11.6. The molecule has 0 saturated carbocycles. The Kier molecular flexibility index (Phi) is 5.12. The van der Waals surface area contributed by atoms with E-state index >= 15 is 0 Å². The Morgan fingerprint density at radius 3 is 2.25 bits per heavy atom. The van der Waals surface area contributed by atoms with Crippen LogP contribution in [0.1, 0.15) is 37.9 Å². The largest absolute Gasteiger partial charge is 0.507 e. The highest BCUT2D eigenvalue weighted by Gasteiger charge is 2.25. The molecule has 0 radical (unpaired) electrons. The van der Waals surface area contributed by atoms with E-state index in [-0.39, 0.29) is 29.6 Å². The lowest BCUT2D eigenvalue weighted by Crippen LogP contribution is -2.26. The Balaban J connectivity index is 0.00000225. The van der Waals surface area contributed by atoms with Gasteiger partial charge in [0.05, 0.1) is 0 Å². The normalized spacial score (nSPS) is 13.1. The number of rotatable bonds is 1. The zero-order chi connectivity index (χ0) is 11.8. The van der Waals surface area contributed by atoms with E-state index in [1.807, 2.05) is 27.7 Å². The number of benzene rings is 1. The fourth-order valence-electron chi connectivity index (χ4n) is 1.47. The summed E-state index contributed by atoms with van der Waals surface area (Å²) < 4.78 is 0. The van der Waals surface area contributed by atoms with Crippen molar-refractivity contribution in [1.29, 1.82) is 0 Å². The molecule has 0 heterocycles. The predicted molar refractivity (Wildman–Crippen MR) is 71.5 cm³/mol. The first-order valence-corrected chi connectivity index (χ1v) is 5.36. The molecule has 0 spiro atoms. The molecule has 0 unspecified atom stereocenters. The molecule has 92 valence electrons. The van der Waals surface area contributed by atoms with Crippen LogP contribution in [0.15, 0.2) is 12.1 Å². The van der Waals surface area contributed by atoms with E-state index in [4.69, 9.17) is 17.3 Å². The monoisotopic (exact) mass is 263 g/mol. The Bertz CT molecular complexity index is 372. The molecule has 3 N–H and O–H groups in total. The predicted octanol–water partition coefficient (Wildman–Crippen LogP) is 3.82. The molecule has 0 bridgehead atoms. The van der Waals surface area contributed by atoms with Crippen molar-refractivity contribution in [3.8, 4) is 5.75 Å². The SMILES string of the molecule is Cc1cc(Cl)cc([C@H](N)C(C)(C)C)c1O.Cl. The van der Waals surface area contributed by atoms with E-state index < -0.39 is 0 Å². The van der Waals surface area contributed by atoms with E-state index in [1.165, 1.54) is 0 Å². The number of hydrogen-bond acceptors (Lipinski definition) is 2. The molecule has 0 aliphatic carbocycles. The second-order valence-corrected chi connectivity index (χ2v) is 5.44. The highest BCUT2D eigenvalue weighted by atomic mass is 35.5. The maximum Gasteiger partial charge on any atom is 0.123 e. The molecule has 0 aromatic heterocycles. The Hall–Kier alpha value is -0.440. The maximum absolute atomic E-state index is 9.92. The van der Waals surface area contributed by atoms with Gasteiger partial charge in [-0.25, -0.2) is 0 Å². The summed E-state index contributed by atoms with van der Waals surface area (Å²) in [7, 11) is 0. The first-order valence-electron chi connectivity index (χ1n) is 4.98. The molecule has 1 rings (SSSR count). The third-order valence-corrected chi connectivity index (χ3v) is 2.78. The molecular formula is C12H19Cl2NO. The van der Waals surface area contributed by atoms with Crippen molar-refractivity contribution in [2.75, 3.05) is 0 Å². The van der Waals surface area contributed by atoms with E-state index in [2.05, 4.69) is 0 Å². The highest BCUT2D eigenvalue weighted by molar-refractivity contribution is 6.30. The van der Waals surface area contributed by atoms with Gasteiger partial charge in [-0.2, -0.15) is 0 Å². The van der Waals surface area contributed by atoms with E-state index in [0.717, 1.165) is 5.56 Å². The molecule has 1 aromatic carbocycles. The number of aromatic hydroxyl groups is 1. The van der Waals surface area contributed by atoms with E-state index in [9.17, 15) is 5.11 Å². The summed E-state index contributed by atoms with van der Waals surface area (Å²) in [6.07, 6.45) is 0. The summed E-state index contributed by atoms with van der Waals surface area (Å²) in [6.45, 7) is 7.92. The molecule has 0 saturated heterocycles. The lowest BCUT2D eigenvalue weighted by Gasteiger charge is -2.28. The topological polar surface area (TPSA) is 46.2 Å². The molecule has 4 heteroatoms. The van der Waals surface area contributed by atoms with Gasteiger partial charge in [0.2, 0.25) is 0 Å². The smallest absolute Gasteiger partial charge is 0.123 e. The third kappa shape index (κ3) is 3.27. The zero-order valence-electron chi connectivity index (χ0n) is 10.0. The summed E-state index contributed by atoms with van der Waals surface area (Å²) in [5, 5.41) is 10.5. The van der Waals surface area contributed by atoms with Gasteiger partial charge in [-0.15, -0.1) is 12.4 Å². The van der Waals surface area contributed by atoms with Crippen molar-refractivity contribution in [1.82, 2.24) is 0 Å². The summed E-state index contributed by atoms with van der Waals surface area (Å²) >= 11 is 5.95. The van der Waals surface area contributed by atoms with Gasteiger partial charge in [0, 0.05) is 16.6 Å². The average molecular weight is 264 g/mol. The van der Waals surface area contributed by atoms with Gasteiger partial charge in [0.1, 0.15) is 5.75 Å². The number of nitrogens with two attached hydrogens (primary N) is 1. The minimum atomic E-state index is -0.227. The van der Waals surface area contributed by atoms with Crippen molar-refractivity contribution >= 4 is 24.0 Å². The van der Waals surface area contributed by atoms with Crippen LogP contribution < -0.4 is 5.73 Å². The average Bonchev–Trinajstić information content (AvgIpc) is 2.08. The second-order valence-electron chi connectivity index (χ2n) is 5.00. The van der Waals surface area contributed by atoms with Crippen molar-refractivity contribution in [3.05, 3.63) is 28.3 Å².